The molecule has 0 radical (unpaired) electrons. The Balaban J connectivity index is 1.77. The van der Waals surface area contributed by atoms with Gasteiger partial charge in [0.05, 0.1) is 25.6 Å². The molecule has 0 spiro atoms. The Bertz CT molecular complexity index is 1020. The first-order valence-corrected chi connectivity index (χ1v) is 16.8. The van der Waals surface area contributed by atoms with E-state index in [-0.39, 0.29) is 34.2 Å². The van der Waals surface area contributed by atoms with Crippen molar-refractivity contribution in [3.63, 3.8) is 0 Å². The number of hydrogen-bond acceptors (Lipinski definition) is 7. The van der Waals surface area contributed by atoms with Gasteiger partial charge in [0.2, 0.25) is 5.88 Å². The molecule has 1 saturated heterocycles. The predicted molar refractivity (Wildman–Crippen MR) is 138 cm³/mol. The monoisotopic (exact) mass is 524 g/mol. The first kappa shape index (κ1) is 26.7. The van der Waals surface area contributed by atoms with Crippen molar-refractivity contribution in [1.29, 1.82) is 0 Å². The summed E-state index contributed by atoms with van der Waals surface area (Å²) < 4.78 is 44.6. The molecule has 0 unspecified atom stereocenters. The highest BCUT2D eigenvalue weighted by molar-refractivity contribution is 6.83. The van der Waals surface area contributed by atoms with Crippen LogP contribution >= 0.6 is 0 Å². The summed E-state index contributed by atoms with van der Waals surface area (Å²) in [6.45, 7) is 17.8. The number of halogens is 1. The third-order valence-electron chi connectivity index (χ3n) is 7.98. The second-order valence-corrected chi connectivity index (χ2v) is 20.1. The maximum atomic E-state index is 16.3. The number of aromatic nitrogens is 4. The van der Waals surface area contributed by atoms with Crippen molar-refractivity contribution in [3.8, 4) is 5.88 Å². The van der Waals surface area contributed by atoms with Gasteiger partial charge in [-0.05, 0) is 28.6 Å². The second kappa shape index (κ2) is 9.81. The third kappa shape index (κ3) is 4.26. The molecular weight excluding hydrogens is 483 g/mol. The minimum atomic E-state index is -2.78. The average Bonchev–Trinajstić information content (AvgIpc) is 3.33. The van der Waals surface area contributed by atoms with E-state index in [1.807, 2.05) is 4.57 Å². The fraction of sp³-hybridized carbons (Fsp3) is 0.792. The van der Waals surface area contributed by atoms with Gasteiger partial charge in [0, 0.05) is 12.5 Å². The van der Waals surface area contributed by atoms with Crippen LogP contribution in [0.25, 0.3) is 11.2 Å². The SMILES string of the molecule is COc1ncnc2c1ncn2[C@H]1C[C@@H]2O[Si](C(C)C)(C(C)C)O[Si](C(C)C)(C(C)C)OC[C@H]2[C@@H]1F. The molecule has 4 atom stereocenters. The molecule has 0 amide bonds. The van der Waals surface area contributed by atoms with E-state index in [1.165, 1.54) is 6.33 Å². The van der Waals surface area contributed by atoms with Crippen LogP contribution < -0.4 is 4.74 Å². The third-order valence-corrected chi connectivity index (χ3v) is 18.3. The number of alkyl halides is 1. The summed E-state index contributed by atoms with van der Waals surface area (Å²) in [6, 6.07) is -0.462. The molecule has 8 nitrogen and oxygen atoms in total. The van der Waals surface area contributed by atoms with Crippen molar-refractivity contribution >= 4 is 28.3 Å². The summed E-state index contributed by atoms with van der Waals surface area (Å²) in [5.41, 5.74) is 1.97. The zero-order valence-electron chi connectivity index (χ0n) is 22.5. The summed E-state index contributed by atoms with van der Waals surface area (Å²) >= 11 is 0. The quantitative estimate of drug-likeness (QED) is 0.449. The van der Waals surface area contributed by atoms with Gasteiger partial charge < -0.3 is 22.3 Å². The molecule has 0 N–H and O–H groups in total. The van der Waals surface area contributed by atoms with E-state index in [9.17, 15) is 0 Å². The van der Waals surface area contributed by atoms with Crippen LogP contribution in [0.3, 0.4) is 0 Å². The van der Waals surface area contributed by atoms with E-state index in [2.05, 4.69) is 70.3 Å². The number of ether oxygens (including phenoxy) is 1. The van der Waals surface area contributed by atoms with E-state index in [1.54, 1.807) is 13.4 Å². The molecule has 2 fully saturated rings. The summed E-state index contributed by atoms with van der Waals surface area (Å²) in [5, 5.41) is 0. The summed E-state index contributed by atoms with van der Waals surface area (Å²) in [5.74, 6) is 0.00989. The number of fused-ring (bicyclic) bond motifs is 2. The molecule has 196 valence electrons. The molecular formula is C24H41FN4O4Si2. The van der Waals surface area contributed by atoms with Crippen LogP contribution in [0.2, 0.25) is 22.2 Å². The summed E-state index contributed by atoms with van der Waals surface area (Å²) in [6.07, 6.45) is 2.14. The lowest BCUT2D eigenvalue weighted by molar-refractivity contribution is 0.0179. The van der Waals surface area contributed by atoms with Gasteiger partial charge in [0.1, 0.15) is 12.5 Å². The smallest absolute Gasteiger partial charge is 0.334 e. The second-order valence-electron chi connectivity index (χ2n) is 11.2. The normalized spacial score (nSPS) is 28.6. The van der Waals surface area contributed by atoms with Gasteiger partial charge in [-0.15, -0.1) is 0 Å². The van der Waals surface area contributed by atoms with Gasteiger partial charge in [0.15, 0.2) is 11.2 Å². The molecule has 0 aromatic carbocycles. The molecule has 1 saturated carbocycles. The topological polar surface area (TPSA) is 80.5 Å². The molecule has 2 aromatic heterocycles. The van der Waals surface area contributed by atoms with Gasteiger partial charge in [-0.25, -0.2) is 14.4 Å². The predicted octanol–water partition coefficient (Wildman–Crippen LogP) is 5.69. The fourth-order valence-corrected chi connectivity index (χ4v) is 17.3. The number of hydrogen-bond donors (Lipinski definition) is 0. The summed E-state index contributed by atoms with van der Waals surface area (Å²) in [7, 11) is -3.94. The molecule has 3 heterocycles. The number of methoxy groups -OCH3 is 1. The fourth-order valence-electron chi connectivity index (χ4n) is 6.03. The Kier molecular flexibility index (Phi) is 7.47. The molecule has 4 rings (SSSR count). The summed E-state index contributed by atoms with van der Waals surface area (Å²) in [4.78, 5) is 13.0. The van der Waals surface area contributed by atoms with Crippen molar-refractivity contribution < 1.29 is 22.1 Å². The van der Waals surface area contributed by atoms with Crippen molar-refractivity contribution in [1.82, 2.24) is 19.5 Å². The standard InChI is InChI=1S/C24H41FN4O4Si2/c1-14(2)34(15(3)4)31-11-18-20(32-35(33-34,16(5)6)17(7)8)10-19(21(18)25)29-13-28-22-23(29)26-12-27-24(22)30-9/h12-21H,10-11H2,1-9H3/t18-,19+,20+,21+/m1/s1. The zero-order chi connectivity index (χ0) is 25.7. The van der Waals surface area contributed by atoms with Crippen LogP contribution in [0.15, 0.2) is 12.7 Å². The van der Waals surface area contributed by atoms with Crippen LogP contribution in [-0.2, 0) is 13.0 Å². The molecule has 1 aliphatic carbocycles. The maximum Gasteiger partial charge on any atom is 0.334 e. The lowest BCUT2D eigenvalue weighted by Crippen LogP contribution is -2.64. The average molecular weight is 525 g/mol. The molecule has 2 aromatic rings. The van der Waals surface area contributed by atoms with E-state index < -0.39 is 29.3 Å². The van der Waals surface area contributed by atoms with Gasteiger partial charge >= 0.3 is 17.1 Å². The van der Waals surface area contributed by atoms with E-state index in [4.69, 9.17) is 17.7 Å². The lowest BCUT2D eigenvalue weighted by Gasteiger charge is -2.51. The van der Waals surface area contributed by atoms with Crippen LogP contribution in [0, 0.1) is 5.92 Å². The van der Waals surface area contributed by atoms with Crippen molar-refractivity contribution in [2.45, 2.75) is 102 Å². The first-order chi connectivity index (χ1) is 16.5. The highest BCUT2D eigenvalue weighted by Crippen LogP contribution is 2.51. The highest BCUT2D eigenvalue weighted by Gasteiger charge is 2.61. The van der Waals surface area contributed by atoms with Gasteiger partial charge in [-0.3, -0.25) is 0 Å². The largest absolute Gasteiger partial charge is 0.479 e. The Hall–Kier alpha value is -1.41. The zero-order valence-corrected chi connectivity index (χ0v) is 24.5. The Labute approximate surface area is 210 Å². The number of imidazole rings is 1. The van der Waals surface area contributed by atoms with Gasteiger partial charge in [-0.2, -0.15) is 4.98 Å². The van der Waals surface area contributed by atoms with Crippen molar-refractivity contribution in [2.24, 2.45) is 5.92 Å². The van der Waals surface area contributed by atoms with E-state index >= 15 is 4.39 Å². The van der Waals surface area contributed by atoms with Crippen LogP contribution in [0.5, 0.6) is 5.88 Å². The molecule has 11 heteroatoms. The van der Waals surface area contributed by atoms with Gasteiger partial charge in [-0.1, -0.05) is 55.4 Å². The molecule has 2 aliphatic rings. The lowest BCUT2D eigenvalue weighted by atomic mass is 10.1. The van der Waals surface area contributed by atoms with Gasteiger partial charge in [0.25, 0.3) is 0 Å². The van der Waals surface area contributed by atoms with E-state index in [0.29, 0.717) is 30.1 Å². The number of nitrogens with zero attached hydrogens (tertiary/aromatic N) is 4. The minimum Gasteiger partial charge on any atom is -0.479 e. The van der Waals surface area contributed by atoms with Crippen LogP contribution in [0.1, 0.15) is 67.9 Å². The van der Waals surface area contributed by atoms with Crippen LogP contribution in [-0.4, -0.2) is 62.6 Å². The van der Waals surface area contributed by atoms with E-state index in [0.717, 1.165) is 0 Å². The maximum absolute atomic E-state index is 16.3. The van der Waals surface area contributed by atoms with Crippen molar-refractivity contribution in [2.75, 3.05) is 13.7 Å². The Morgan fingerprint density at radius 3 is 2.17 bits per heavy atom. The Morgan fingerprint density at radius 1 is 0.971 bits per heavy atom. The minimum absolute atomic E-state index is 0.206. The first-order valence-electron chi connectivity index (χ1n) is 12.9. The molecule has 0 bridgehead atoms. The number of rotatable bonds is 6. The van der Waals surface area contributed by atoms with Crippen LogP contribution in [0.4, 0.5) is 4.39 Å². The molecule has 35 heavy (non-hydrogen) atoms. The molecule has 1 aliphatic heterocycles. The highest BCUT2D eigenvalue weighted by atomic mass is 28.5. The van der Waals surface area contributed by atoms with Crippen molar-refractivity contribution in [3.05, 3.63) is 12.7 Å². The Morgan fingerprint density at radius 2 is 1.60 bits per heavy atom.